The van der Waals surface area contributed by atoms with Crippen molar-refractivity contribution in [1.82, 2.24) is 0 Å². The molecule has 0 radical (unpaired) electrons. The Balaban J connectivity index is 2.58. The Morgan fingerprint density at radius 3 is 2.79 bits per heavy atom. The minimum Gasteiger partial charge on any atom is -0.483 e. The van der Waals surface area contributed by atoms with E-state index in [0.717, 1.165) is 6.07 Å². The molecule has 0 spiro atoms. The smallest absolute Gasteiger partial charge is 0.339 e. The number of amides is 1. The van der Waals surface area contributed by atoms with Gasteiger partial charge in [-0.15, -0.1) is 0 Å². The van der Waals surface area contributed by atoms with Crippen LogP contribution in [-0.2, 0) is 4.79 Å². The van der Waals surface area contributed by atoms with E-state index in [2.05, 4.69) is 0 Å². The molecule has 1 heterocycles. The summed E-state index contributed by atoms with van der Waals surface area (Å²) in [7, 11) is 0. The second-order valence-electron chi connectivity index (χ2n) is 3.62. The van der Waals surface area contributed by atoms with Crippen LogP contribution in [0.1, 0.15) is 0 Å². The summed E-state index contributed by atoms with van der Waals surface area (Å²) in [6.45, 7) is -0.443. The summed E-state index contributed by atoms with van der Waals surface area (Å²) < 4.78 is 9.91. The number of nitro groups is 1. The predicted molar refractivity (Wildman–Crippen MR) is 63.8 cm³/mol. The average Bonchev–Trinajstić information content (AvgIpc) is 2.35. The molecular weight excluding hydrogens is 256 g/mol. The summed E-state index contributed by atoms with van der Waals surface area (Å²) in [6, 6.07) is 4.67. The van der Waals surface area contributed by atoms with Crippen molar-refractivity contribution in [3.63, 3.8) is 0 Å². The number of non-ortho nitro benzene ring substituents is 1. The summed E-state index contributed by atoms with van der Waals surface area (Å²) in [4.78, 5) is 32.0. The molecule has 0 saturated carbocycles. The van der Waals surface area contributed by atoms with Crippen molar-refractivity contribution >= 4 is 22.6 Å². The molecule has 8 heteroatoms. The van der Waals surface area contributed by atoms with Gasteiger partial charge in [-0.05, 0) is 6.07 Å². The van der Waals surface area contributed by atoms with Crippen molar-refractivity contribution in [2.75, 3.05) is 6.61 Å². The molecule has 2 N–H and O–H groups in total. The fraction of sp³-hybridized carbons (Fsp3) is 0.0909. The quantitative estimate of drug-likeness (QED) is 0.488. The summed E-state index contributed by atoms with van der Waals surface area (Å²) in [5.74, 6) is -0.722. The number of rotatable bonds is 4. The molecule has 1 amide bonds. The van der Waals surface area contributed by atoms with Gasteiger partial charge < -0.3 is 14.9 Å². The van der Waals surface area contributed by atoms with Gasteiger partial charge >= 0.3 is 5.63 Å². The molecule has 0 atom stereocenters. The van der Waals surface area contributed by atoms with Crippen LogP contribution in [0.3, 0.4) is 0 Å². The number of nitrogens with zero attached hydrogens (tertiary/aromatic N) is 1. The van der Waals surface area contributed by atoms with Gasteiger partial charge in [-0.3, -0.25) is 14.9 Å². The van der Waals surface area contributed by atoms with Gasteiger partial charge in [-0.25, -0.2) is 4.79 Å². The molecule has 1 aromatic heterocycles. The zero-order valence-electron chi connectivity index (χ0n) is 9.49. The Labute approximate surface area is 105 Å². The maximum Gasteiger partial charge on any atom is 0.339 e. The van der Waals surface area contributed by atoms with Gasteiger partial charge in [0.1, 0.15) is 11.3 Å². The van der Waals surface area contributed by atoms with Crippen molar-refractivity contribution in [3.05, 3.63) is 44.8 Å². The third-order valence-electron chi connectivity index (χ3n) is 2.27. The van der Waals surface area contributed by atoms with Crippen LogP contribution in [0.5, 0.6) is 5.75 Å². The van der Waals surface area contributed by atoms with E-state index in [-0.39, 0.29) is 22.4 Å². The fourth-order valence-electron chi connectivity index (χ4n) is 1.50. The first kappa shape index (κ1) is 12.6. The van der Waals surface area contributed by atoms with Gasteiger partial charge in [0.05, 0.1) is 16.4 Å². The monoisotopic (exact) mass is 264 g/mol. The summed E-state index contributed by atoms with van der Waals surface area (Å²) in [5.41, 5.74) is 4.17. The van der Waals surface area contributed by atoms with Gasteiger partial charge in [0.15, 0.2) is 6.61 Å². The molecule has 0 saturated heterocycles. The van der Waals surface area contributed by atoms with Gasteiger partial charge in [-0.1, -0.05) is 0 Å². The minimum absolute atomic E-state index is 0.00810. The van der Waals surface area contributed by atoms with Gasteiger partial charge in [0, 0.05) is 12.1 Å². The SMILES string of the molecule is NC(=O)COc1cc(=O)oc2ccc([N+](=O)[O-])cc12. The molecule has 0 bridgehead atoms. The van der Waals surface area contributed by atoms with E-state index >= 15 is 0 Å². The number of benzene rings is 1. The third-order valence-corrected chi connectivity index (χ3v) is 2.27. The largest absolute Gasteiger partial charge is 0.483 e. The van der Waals surface area contributed by atoms with Crippen molar-refractivity contribution < 1.29 is 18.9 Å². The lowest BCUT2D eigenvalue weighted by Gasteiger charge is -2.06. The number of ether oxygens (including phenoxy) is 1. The lowest BCUT2D eigenvalue weighted by molar-refractivity contribution is -0.384. The first-order chi connectivity index (χ1) is 8.97. The maximum atomic E-state index is 11.3. The number of primary amides is 1. The van der Waals surface area contributed by atoms with E-state index in [1.54, 1.807) is 0 Å². The molecule has 0 aliphatic heterocycles. The average molecular weight is 264 g/mol. The van der Waals surface area contributed by atoms with Crippen LogP contribution >= 0.6 is 0 Å². The molecule has 2 rings (SSSR count). The Kier molecular flexibility index (Phi) is 3.15. The van der Waals surface area contributed by atoms with Crippen LogP contribution in [0.4, 0.5) is 5.69 Å². The highest BCUT2D eigenvalue weighted by Crippen LogP contribution is 2.27. The summed E-state index contributed by atoms with van der Waals surface area (Å²) in [5, 5.41) is 10.9. The number of fused-ring (bicyclic) bond motifs is 1. The van der Waals surface area contributed by atoms with E-state index in [9.17, 15) is 19.7 Å². The number of carbonyl (C=O) groups excluding carboxylic acids is 1. The molecule has 19 heavy (non-hydrogen) atoms. The summed E-state index contributed by atoms with van der Waals surface area (Å²) in [6.07, 6.45) is 0. The van der Waals surface area contributed by atoms with E-state index in [0.29, 0.717) is 0 Å². The molecule has 98 valence electrons. The van der Waals surface area contributed by atoms with E-state index in [1.165, 1.54) is 18.2 Å². The summed E-state index contributed by atoms with van der Waals surface area (Å²) >= 11 is 0. The lowest BCUT2D eigenvalue weighted by atomic mass is 10.2. The van der Waals surface area contributed by atoms with Crippen LogP contribution in [0.25, 0.3) is 11.0 Å². The van der Waals surface area contributed by atoms with E-state index in [1.807, 2.05) is 0 Å². The van der Waals surface area contributed by atoms with Gasteiger partial charge in [-0.2, -0.15) is 0 Å². The number of hydrogen-bond donors (Lipinski definition) is 1. The lowest BCUT2D eigenvalue weighted by Crippen LogP contribution is -2.20. The number of hydrogen-bond acceptors (Lipinski definition) is 6. The highest BCUT2D eigenvalue weighted by atomic mass is 16.6. The molecule has 0 aliphatic rings. The fourth-order valence-corrected chi connectivity index (χ4v) is 1.50. The van der Waals surface area contributed by atoms with Crippen molar-refractivity contribution in [2.24, 2.45) is 5.73 Å². The molecule has 0 aliphatic carbocycles. The molecular formula is C11H8N2O6. The molecule has 0 unspecified atom stereocenters. The third kappa shape index (κ3) is 2.68. The highest BCUT2D eigenvalue weighted by Gasteiger charge is 2.13. The van der Waals surface area contributed by atoms with Crippen LogP contribution < -0.4 is 16.1 Å². The van der Waals surface area contributed by atoms with Crippen LogP contribution in [0.15, 0.2) is 33.5 Å². The molecule has 0 fully saturated rings. The minimum atomic E-state index is -0.730. The zero-order chi connectivity index (χ0) is 14.0. The normalized spacial score (nSPS) is 10.3. The number of nitrogens with two attached hydrogens (primary N) is 1. The zero-order valence-corrected chi connectivity index (χ0v) is 9.49. The van der Waals surface area contributed by atoms with Gasteiger partial charge in [0.25, 0.3) is 11.6 Å². The van der Waals surface area contributed by atoms with Crippen LogP contribution in [0.2, 0.25) is 0 Å². The Hall–Kier alpha value is -2.90. The second kappa shape index (κ2) is 4.77. The van der Waals surface area contributed by atoms with E-state index < -0.39 is 23.1 Å². The van der Waals surface area contributed by atoms with E-state index in [4.69, 9.17) is 14.9 Å². The first-order valence-electron chi connectivity index (χ1n) is 5.11. The van der Waals surface area contributed by atoms with Crippen LogP contribution in [0, 0.1) is 10.1 Å². The maximum absolute atomic E-state index is 11.3. The number of nitro benzene ring substituents is 1. The highest BCUT2D eigenvalue weighted by molar-refractivity contribution is 5.85. The Morgan fingerprint density at radius 2 is 2.16 bits per heavy atom. The first-order valence-corrected chi connectivity index (χ1v) is 5.11. The van der Waals surface area contributed by atoms with Crippen molar-refractivity contribution in [1.29, 1.82) is 0 Å². The Morgan fingerprint density at radius 1 is 1.42 bits per heavy atom. The second-order valence-corrected chi connectivity index (χ2v) is 3.62. The predicted octanol–water partition coefficient (Wildman–Crippen LogP) is 0.565. The molecule has 1 aromatic carbocycles. The standard InChI is InChI=1S/C11H8N2O6/c12-10(14)5-18-9-4-11(15)19-8-2-1-6(13(16)17)3-7(8)9/h1-4H,5H2,(H2,12,14). The van der Waals surface area contributed by atoms with Crippen molar-refractivity contribution in [2.45, 2.75) is 0 Å². The van der Waals surface area contributed by atoms with Crippen molar-refractivity contribution in [3.8, 4) is 5.75 Å². The molecule has 8 nitrogen and oxygen atoms in total. The molecule has 2 aromatic rings. The Bertz CT molecular complexity index is 721. The van der Waals surface area contributed by atoms with Crippen LogP contribution in [-0.4, -0.2) is 17.4 Å². The number of carbonyl (C=O) groups is 1. The van der Waals surface area contributed by atoms with Gasteiger partial charge in [0.2, 0.25) is 0 Å². The topological polar surface area (TPSA) is 126 Å².